The predicted molar refractivity (Wildman–Crippen MR) is 87.4 cm³/mol. The number of fused-ring (bicyclic) bond motifs is 1. The van der Waals surface area contributed by atoms with Crippen LogP contribution in [0.1, 0.15) is 6.42 Å². The normalized spacial score (nSPS) is 11.0. The van der Waals surface area contributed by atoms with Crippen LogP contribution >= 0.6 is 11.6 Å². The number of nitrogens with one attached hydrogen (secondary N) is 2. The molecule has 0 fully saturated rings. The predicted octanol–water partition coefficient (Wildman–Crippen LogP) is 2.80. The lowest BCUT2D eigenvalue weighted by molar-refractivity contribution is -0.117. The Labute approximate surface area is 133 Å². The fourth-order valence-electron chi connectivity index (χ4n) is 1.88. The van der Waals surface area contributed by atoms with Crippen LogP contribution in [0.3, 0.4) is 0 Å². The summed E-state index contributed by atoms with van der Waals surface area (Å²) in [5.41, 5.74) is 1.52. The Hall–Kier alpha value is -2.58. The minimum Gasteiger partial charge on any atom is -0.358 e. The van der Waals surface area contributed by atoms with E-state index in [1.165, 1.54) is 6.20 Å². The Kier molecular flexibility index (Phi) is 5.75. The average Bonchev–Trinajstić information content (AvgIpc) is 2.56. The molecule has 0 unspecified atom stereocenters. The van der Waals surface area contributed by atoms with E-state index in [9.17, 15) is 4.79 Å². The first kappa shape index (κ1) is 15.8. The molecule has 0 bridgehead atoms. The van der Waals surface area contributed by atoms with Gasteiger partial charge in [-0.25, -0.2) is 0 Å². The summed E-state index contributed by atoms with van der Waals surface area (Å²) in [5, 5.41) is 15.7. The first-order chi connectivity index (χ1) is 10.8. The molecule has 2 N–H and O–H groups in total. The van der Waals surface area contributed by atoms with Crippen LogP contribution in [-0.4, -0.2) is 23.3 Å². The second-order valence-corrected chi connectivity index (χ2v) is 4.87. The molecular formula is C16H15ClN4O. The number of hydrogen-bond donors (Lipinski definition) is 2. The molecule has 0 saturated carbocycles. The van der Waals surface area contributed by atoms with Crippen LogP contribution in [0.25, 0.3) is 10.9 Å². The topological polar surface area (TPSA) is 77.8 Å². The van der Waals surface area contributed by atoms with E-state index in [4.69, 9.17) is 16.9 Å². The van der Waals surface area contributed by atoms with Crippen molar-refractivity contribution >= 4 is 34.1 Å². The van der Waals surface area contributed by atoms with E-state index in [2.05, 4.69) is 15.6 Å². The highest BCUT2D eigenvalue weighted by molar-refractivity contribution is 6.17. The van der Waals surface area contributed by atoms with Crippen LogP contribution in [0.2, 0.25) is 0 Å². The third-order valence-corrected chi connectivity index (χ3v) is 3.23. The SMILES string of the molecule is N#C/C(=C/Nc1cccc2cccnc12)C(=O)NCCCCl. The van der Waals surface area contributed by atoms with Gasteiger partial charge < -0.3 is 10.6 Å². The molecule has 1 aromatic carbocycles. The first-order valence-corrected chi connectivity index (χ1v) is 7.34. The smallest absolute Gasteiger partial charge is 0.263 e. The Balaban J connectivity index is 2.14. The minimum atomic E-state index is -0.423. The van der Waals surface area contributed by atoms with Crippen molar-refractivity contribution in [1.29, 1.82) is 5.26 Å². The number of anilines is 1. The molecule has 6 heteroatoms. The van der Waals surface area contributed by atoms with Gasteiger partial charge >= 0.3 is 0 Å². The van der Waals surface area contributed by atoms with Gasteiger partial charge in [0, 0.05) is 30.2 Å². The van der Waals surface area contributed by atoms with Gasteiger partial charge in [-0.05, 0) is 18.6 Å². The van der Waals surface area contributed by atoms with Crippen molar-refractivity contribution < 1.29 is 4.79 Å². The molecule has 22 heavy (non-hydrogen) atoms. The molecule has 1 heterocycles. The quantitative estimate of drug-likeness (QED) is 0.372. The Morgan fingerprint density at radius 3 is 2.95 bits per heavy atom. The lowest BCUT2D eigenvalue weighted by Gasteiger charge is -2.06. The molecule has 5 nitrogen and oxygen atoms in total. The maximum absolute atomic E-state index is 11.8. The van der Waals surface area contributed by atoms with E-state index in [-0.39, 0.29) is 5.57 Å². The number of aromatic nitrogens is 1. The number of benzene rings is 1. The number of hydrogen-bond acceptors (Lipinski definition) is 4. The first-order valence-electron chi connectivity index (χ1n) is 6.81. The van der Waals surface area contributed by atoms with E-state index < -0.39 is 5.91 Å². The number of nitriles is 1. The highest BCUT2D eigenvalue weighted by atomic mass is 35.5. The fourth-order valence-corrected chi connectivity index (χ4v) is 2.02. The summed E-state index contributed by atoms with van der Waals surface area (Å²) in [5.74, 6) is 0.0412. The van der Waals surface area contributed by atoms with Gasteiger partial charge in [0.15, 0.2) is 0 Å². The lowest BCUT2D eigenvalue weighted by Crippen LogP contribution is -2.26. The van der Waals surface area contributed by atoms with Crippen molar-refractivity contribution in [3.63, 3.8) is 0 Å². The fraction of sp³-hybridized carbons (Fsp3) is 0.188. The largest absolute Gasteiger partial charge is 0.358 e. The van der Waals surface area contributed by atoms with E-state index in [0.717, 1.165) is 16.6 Å². The maximum atomic E-state index is 11.8. The monoisotopic (exact) mass is 314 g/mol. The number of halogens is 1. The van der Waals surface area contributed by atoms with Gasteiger partial charge in [0.25, 0.3) is 5.91 Å². The van der Waals surface area contributed by atoms with E-state index >= 15 is 0 Å². The van der Waals surface area contributed by atoms with E-state index in [0.29, 0.717) is 18.8 Å². The zero-order chi connectivity index (χ0) is 15.8. The highest BCUT2D eigenvalue weighted by Crippen LogP contribution is 2.20. The number of carbonyl (C=O) groups is 1. The molecule has 0 radical (unpaired) electrons. The summed E-state index contributed by atoms with van der Waals surface area (Å²) < 4.78 is 0. The number of para-hydroxylation sites is 1. The molecule has 0 aliphatic carbocycles. The summed E-state index contributed by atoms with van der Waals surface area (Å²) in [6, 6.07) is 11.3. The highest BCUT2D eigenvalue weighted by Gasteiger charge is 2.08. The number of rotatable bonds is 6. The number of amides is 1. The van der Waals surface area contributed by atoms with Crippen LogP contribution in [0.4, 0.5) is 5.69 Å². The summed E-state index contributed by atoms with van der Waals surface area (Å²) in [7, 11) is 0. The molecule has 112 valence electrons. The average molecular weight is 315 g/mol. The van der Waals surface area contributed by atoms with Crippen molar-refractivity contribution in [2.75, 3.05) is 17.7 Å². The van der Waals surface area contributed by atoms with Gasteiger partial charge in [-0.2, -0.15) is 5.26 Å². The third kappa shape index (κ3) is 3.96. The maximum Gasteiger partial charge on any atom is 0.263 e. The Morgan fingerprint density at radius 2 is 2.18 bits per heavy atom. The summed E-state index contributed by atoms with van der Waals surface area (Å²) in [6.07, 6.45) is 3.74. The Bertz CT molecular complexity index is 731. The third-order valence-electron chi connectivity index (χ3n) is 2.97. The number of nitrogens with zero attached hydrogens (tertiary/aromatic N) is 2. The van der Waals surface area contributed by atoms with Crippen LogP contribution in [0.15, 0.2) is 48.3 Å². The second kappa shape index (κ2) is 8.01. The molecule has 2 aromatic rings. The van der Waals surface area contributed by atoms with Gasteiger partial charge in [0.05, 0.1) is 11.2 Å². The number of carbonyl (C=O) groups excluding carboxylic acids is 1. The van der Waals surface area contributed by atoms with Crippen molar-refractivity contribution in [1.82, 2.24) is 10.3 Å². The van der Waals surface area contributed by atoms with Crippen LogP contribution in [0, 0.1) is 11.3 Å². The van der Waals surface area contributed by atoms with Crippen molar-refractivity contribution in [2.45, 2.75) is 6.42 Å². The molecule has 1 aromatic heterocycles. The summed E-state index contributed by atoms with van der Waals surface area (Å²) >= 11 is 5.54. The molecular weight excluding hydrogens is 300 g/mol. The van der Waals surface area contributed by atoms with Gasteiger partial charge in [-0.1, -0.05) is 18.2 Å². The van der Waals surface area contributed by atoms with Crippen molar-refractivity contribution in [3.8, 4) is 6.07 Å². The summed E-state index contributed by atoms with van der Waals surface area (Å²) in [4.78, 5) is 16.1. The molecule has 0 aliphatic heterocycles. The summed E-state index contributed by atoms with van der Waals surface area (Å²) in [6.45, 7) is 0.442. The Morgan fingerprint density at radius 1 is 1.36 bits per heavy atom. The molecule has 2 rings (SSSR count). The molecule has 0 spiro atoms. The molecule has 0 atom stereocenters. The lowest BCUT2D eigenvalue weighted by atomic mass is 10.2. The van der Waals surface area contributed by atoms with Crippen molar-refractivity contribution in [3.05, 3.63) is 48.3 Å². The molecule has 0 aliphatic rings. The standard InChI is InChI=1S/C16H15ClN4O/c17-7-3-9-20-16(22)13(10-18)11-21-14-6-1-4-12-5-2-8-19-15(12)14/h1-2,4-6,8,11,21H,3,7,9H2,(H,20,22)/b13-11-. The molecule has 0 saturated heterocycles. The van der Waals surface area contributed by atoms with E-state index in [1.807, 2.05) is 36.4 Å². The second-order valence-electron chi connectivity index (χ2n) is 4.49. The van der Waals surface area contributed by atoms with Gasteiger partial charge in [-0.3, -0.25) is 9.78 Å². The van der Waals surface area contributed by atoms with E-state index in [1.54, 1.807) is 6.20 Å². The minimum absolute atomic E-state index is 0.00232. The number of pyridine rings is 1. The van der Waals surface area contributed by atoms with Crippen LogP contribution in [-0.2, 0) is 4.79 Å². The van der Waals surface area contributed by atoms with Crippen LogP contribution < -0.4 is 10.6 Å². The zero-order valence-electron chi connectivity index (χ0n) is 11.8. The van der Waals surface area contributed by atoms with Crippen molar-refractivity contribution in [2.24, 2.45) is 0 Å². The van der Waals surface area contributed by atoms with Gasteiger partial charge in [0.2, 0.25) is 0 Å². The molecule has 1 amide bonds. The zero-order valence-corrected chi connectivity index (χ0v) is 12.6. The van der Waals surface area contributed by atoms with Crippen LogP contribution in [0.5, 0.6) is 0 Å². The van der Waals surface area contributed by atoms with Gasteiger partial charge in [-0.15, -0.1) is 11.6 Å². The number of alkyl halides is 1. The van der Waals surface area contributed by atoms with Gasteiger partial charge in [0.1, 0.15) is 11.6 Å².